The Hall–Kier alpha value is -0.890. The minimum atomic E-state index is -0.339. The topological polar surface area (TPSA) is 33.1 Å². The maximum absolute atomic E-state index is 10.5. The molecule has 0 aliphatic heterocycles. The Balaban J connectivity index is 1.60. The molecule has 1 aromatic heterocycles. The average Bonchev–Trinajstić information content (AvgIpc) is 2.96. The van der Waals surface area contributed by atoms with Gasteiger partial charge in [0.25, 0.3) is 0 Å². The lowest BCUT2D eigenvalue weighted by atomic mass is 10.0. The molecule has 0 amide bonds. The summed E-state index contributed by atoms with van der Waals surface area (Å²) in [5, 5.41) is 10.5. The minimum absolute atomic E-state index is 0.339. The van der Waals surface area contributed by atoms with Crippen molar-refractivity contribution >= 4 is 0 Å². The SMILES string of the molecule is OC1(CCc2ccccn2)C2CCCCC21. The van der Waals surface area contributed by atoms with E-state index in [0.29, 0.717) is 11.8 Å². The zero-order valence-electron chi connectivity index (χ0n) is 9.60. The lowest BCUT2D eigenvalue weighted by Gasteiger charge is -2.09. The van der Waals surface area contributed by atoms with Crippen LogP contribution in [0.1, 0.15) is 37.8 Å². The maximum atomic E-state index is 10.5. The van der Waals surface area contributed by atoms with Crippen LogP contribution >= 0.6 is 0 Å². The van der Waals surface area contributed by atoms with Crippen molar-refractivity contribution in [2.24, 2.45) is 11.8 Å². The van der Waals surface area contributed by atoms with Crippen molar-refractivity contribution in [1.82, 2.24) is 4.98 Å². The molecule has 2 atom stereocenters. The maximum Gasteiger partial charge on any atom is 0.0715 e. The first-order valence-electron chi connectivity index (χ1n) is 6.43. The van der Waals surface area contributed by atoms with Crippen molar-refractivity contribution < 1.29 is 5.11 Å². The summed E-state index contributed by atoms with van der Waals surface area (Å²) < 4.78 is 0. The highest BCUT2D eigenvalue weighted by Crippen LogP contribution is 2.60. The molecule has 1 heterocycles. The van der Waals surface area contributed by atoms with E-state index >= 15 is 0 Å². The van der Waals surface area contributed by atoms with Crippen LogP contribution in [0.3, 0.4) is 0 Å². The first-order valence-corrected chi connectivity index (χ1v) is 6.43. The molecular weight excluding hydrogens is 198 g/mol. The van der Waals surface area contributed by atoms with Crippen LogP contribution in [0.4, 0.5) is 0 Å². The molecule has 3 rings (SSSR count). The molecule has 2 aliphatic carbocycles. The monoisotopic (exact) mass is 217 g/mol. The van der Waals surface area contributed by atoms with Gasteiger partial charge in [0.05, 0.1) is 5.60 Å². The molecule has 2 saturated carbocycles. The molecule has 0 spiro atoms. The summed E-state index contributed by atoms with van der Waals surface area (Å²) in [6.45, 7) is 0. The van der Waals surface area contributed by atoms with E-state index in [1.165, 1.54) is 25.7 Å². The van der Waals surface area contributed by atoms with Gasteiger partial charge in [-0.2, -0.15) is 0 Å². The van der Waals surface area contributed by atoms with Gasteiger partial charge in [-0.25, -0.2) is 0 Å². The molecule has 1 aromatic rings. The van der Waals surface area contributed by atoms with Gasteiger partial charge in [0, 0.05) is 11.9 Å². The molecule has 0 aromatic carbocycles. The third-order valence-electron chi connectivity index (χ3n) is 4.45. The number of aromatic nitrogens is 1. The summed E-state index contributed by atoms with van der Waals surface area (Å²) in [7, 11) is 0. The highest BCUT2D eigenvalue weighted by atomic mass is 16.3. The zero-order valence-corrected chi connectivity index (χ0v) is 9.60. The van der Waals surface area contributed by atoms with E-state index in [2.05, 4.69) is 11.1 Å². The van der Waals surface area contributed by atoms with E-state index < -0.39 is 0 Å². The third kappa shape index (κ3) is 1.65. The van der Waals surface area contributed by atoms with Crippen LogP contribution in [-0.2, 0) is 6.42 Å². The molecule has 86 valence electrons. The van der Waals surface area contributed by atoms with Gasteiger partial charge >= 0.3 is 0 Å². The molecule has 2 unspecified atom stereocenters. The Morgan fingerprint density at radius 1 is 1.25 bits per heavy atom. The summed E-state index contributed by atoms with van der Waals surface area (Å²) >= 11 is 0. The Morgan fingerprint density at radius 3 is 2.62 bits per heavy atom. The van der Waals surface area contributed by atoms with Gasteiger partial charge in [-0.05, 0) is 49.7 Å². The van der Waals surface area contributed by atoms with Crippen LogP contribution in [0.15, 0.2) is 24.4 Å². The highest BCUT2D eigenvalue weighted by Gasteiger charge is 2.62. The van der Waals surface area contributed by atoms with Gasteiger partial charge < -0.3 is 5.11 Å². The summed E-state index contributed by atoms with van der Waals surface area (Å²) in [5.41, 5.74) is 0.771. The predicted molar refractivity (Wildman–Crippen MR) is 63.0 cm³/mol. The molecule has 16 heavy (non-hydrogen) atoms. The van der Waals surface area contributed by atoms with Crippen molar-refractivity contribution in [1.29, 1.82) is 0 Å². The fraction of sp³-hybridized carbons (Fsp3) is 0.643. The second kappa shape index (κ2) is 3.85. The predicted octanol–water partition coefficient (Wildman–Crippen LogP) is 2.57. The summed E-state index contributed by atoms with van der Waals surface area (Å²) in [6, 6.07) is 6.01. The summed E-state index contributed by atoms with van der Waals surface area (Å²) in [4.78, 5) is 4.32. The van der Waals surface area contributed by atoms with Crippen molar-refractivity contribution in [3.05, 3.63) is 30.1 Å². The van der Waals surface area contributed by atoms with Crippen LogP contribution in [0.2, 0.25) is 0 Å². The van der Waals surface area contributed by atoms with E-state index in [-0.39, 0.29) is 5.60 Å². The number of nitrogens with zero attached hydrogens (tertiary/aromatic N) is 1. The number of fused-ring (bicyclic) bond motifs is 1. The quantitative estimate of drug-likeness (QED) is 0.844. The number of rotatable bonds is 3. The molecule has 2 nitrogen and oxygen atoms in total. The lowest BCUT2D eigenvalue weighted by Crippen LogP contribution is -2.14. The lowest BCUT2D eigenvalue weighted by molar-refractivity contribution is 0.108. The Kier molecular flexibility index (Phi) is 2.47. The van der Waals surface area contributed by atoms with Crippen molar-refractivity contribution in [3.8, 4) is 0 Å². The first kappa shape index (κ1) is 10.3. The fourth-order valence-corrected chi connectivity index (χ4v) is 3.46. The van der Waals surface area contributed by atoms with Crippen molar-refractivity contribution in [3.63, 3.8) is 0 Å². The van der Waals surface area contributed by atoms with E-state index in [1.54, 1.807) is 0 Å². The second-order valence-corrected chi connectivity index (χ2v) is 5.31. The second-order valence-electron chi connectivity index (χ2n) is 5.31. The van der Waals surface area contributed by atoms with Crippen LogP contribution in [-0.4, -0.2) is 15.7 Å². The number of aliphatic hydroxyl groups is 1. The molecule has 2 fully saturated rings. The molecule has 0 bridgehead atoms. The molecule has 2 aliphatic rings. The fourth-order valence-electron chi connectivity index (χ4n) is 3.46. The Bertz CT molecular complexity index is 350. The molecular formula is C14H19NO. The van der Waals surface area contributed by atoms with Gasteiger partial charge in [-0.15, -0.1) is 0 Å². The molecule has 0 radical (unpaired) electrons. The van der Waals surface area contributed by atoms with Crippen LogP contribution in [0.5, 0.6) is 0 Å². The number of hydrogen-bond donors (Lipinski definition) is 1. The van der Waals surface area contributed by atoms with Crippen LogP contribution in [0.25, 0.3) is 0 Å². The first-order chi connectivity index (χ1) is 7.81. The Morgan fingerprint density at radius 2 is 2.00 bits per heavy atom. The van der Waals surface area contributed by atoms with Gasteiger partial charge in [-0.1, -0.05) is 18.9 Å². The van der Waals surface area contributed by atoms with Gasteiger partial charge in [0.1, 0.15) is 0 Å². The zero-order chi connectivity index (χ0) is 11.0. The molecule has 0 saturated heterocycles. The van der Waals surface area contributed by atoms with E-state index in [1.807, 2.05) is 18.3 Å². The minimum Gasteiger partial charge on any atom is -0.389 e. The van der Waals surface area contributed by atoms with E-state index in [9.17, 15) is 5.11 Å². The van der Waals surface area contributed by atoms with Crippen molar-refractivity contribution in [2.45, 2.75) is 44.1 Å². The van der Waals surface area contributed by atoms with Gasteiger partial charge in [0.15, 0.2) is 0 Å². The highest BCUT2D eigenvalue weighted by molar-refractivity contribution is 5.15. The largest absolute Gasteiger partial charge is 0.389 e. The van der Waals surface area contributed by atoms with Crippen molar-refractivity contribution in [2.75, 3.05) is 0 Å². The van der Waals surface area contributed by atoms with E-state index in [4.69, 9.17) is 0 Å². The third-order valence-corrected chi connectivity index (χ3v) is 4.45. The van der Waals surface area contributed by atoms with Crippen LogP contribution < -0.4 is 0 Å². The smallest absolute Gasteiger partial charge is 0.0715 e. The molecule has 2 heteroatoms. The standard InChI is InChI=1S/C14H19NO/c16-14(12-6-1-2-7-13(12)14)9-8-11-5-3-4-10-15-11/h3-5,10,12-13,16H,1-2,6-9H2. The summed E-state index contributed by atoms with van der Waals surface area (Å²) in [6.07, 6.45) is 8.76. The number of pyridine rings is 1. The van der Waals surface area contributed by atoms with Gasteiger partial charge in [0.2, 0.25) is 0 Å². The Labute approximate surface area is 96.7 Å². The van der Waals surface area contributed by atoms with Gasteiger partial charge in [-0.3, -0.25) is 4.98 Å². The average molecular weight is 217 g/mol. The summed E-state index contributed by atoms with van der Waals surface area (Å²) in [5.74, 6) is 1.20. The van der Waals surface area contributed by atoms with Crippen LogP contribution in [0, 0.1) is 11.8 Å². The normalized spacial score (nSPS) is 36.8. The molecule has 1 N–H and O–H groups in total. The number of hydrogen-bond acceptors (Lipinski definition) is 2. The van der Waals surface area contributed by atoms with E-state index in [0.717, 1.165) is 18.5 Å². The number of aryl methyl sites for hydroxylation is 1.